The fourth-order valence-electron chi connectivity index (χ4n) is 6.79. The Bertz CT molecular complexity index is 1420. The number of anilines is 1. The summed E-state index contributed by atoms with van der Waals surface area (Å²) in [5, 5.41) is 3.28. The van der Waals surface area contributed by atoms with Crippen LogP contribution in [0, 0.1) is 0 Å². The third kappa shape index (κ3) is 5.41. The Morgan fingerprint density at radius 1 is 0.707 bits per heavy atom. The maximum atomic E-state index is 13.9. The molecule has 0 radical (unpaired) electrons. The van der Waals surface area contributed by atoms with E-state index in [1.807, 2.05) is 0 Å². The minimum atomic E-state index is -0.623. The third-order valence-electron chi connectivity index (χ3n) is 8.86. The maximum Gasteiger partial charge on any atom is 0.235 e. The highest BCUT2D eigenvalue weighted by Crippen LogP contribution is 2.51. The molecule has 4 aromatic carbocycles. The summed E-state index contributed by atoms with van der Waals surface area (Å²) in [6.07, 6.45) is 2.93. The van der Waals surface area contributed by atoms with Gasteiger partial charge in [-0.25, -0.2) is 0 Å². The highest BCUT2D eigenvalue weighted by molar-refractivity contribution is 6.00. The van der Waals surface area contributed by atoms with E-state index >= 15 is 0 Å². The van der Waals surface area contributed by atoms with Gasteiger partial charge in [0.1, 0.15) is 5.41 Å². The van der Waals surface area contributed by atoms with Gasteiger partial charge in [0, 0.05) is 37.9 Å². The molecule has 1 saturated heterocycles. The monoisotopic (exact) mass is 543 g/mol. The number of amides is 1. The van der Waals surface area contributed by atoms with Crippen molar-refractivity contribution in [3.63, 3.8) is 0 Å². The van der Waals surface area contributed by atoms with Crippen molar-refractivity contribution in [2.24, 2.45) is 0 Å². The van der Waals surface area contributed by atoms with Crippen LogP contribution in [0.3, 0.4) is 0 Å². The van der Waals surface area contributed by atoms with Gasteiger partial charge in [-0.05, 0) is 78.7 Å². The van der Waals surface area contributed by atoms with Crippen LogP contribution in [0.4, 0.5) is 5.69 Å². The molecule has 0 saturated carbocycles. The number of unbranched alkanes of at least 4 members (excludes halogenated alkanes) is 1. The molecule has 0 unspecified atom stereocenters. The van der Waals surface area contributed by atoms with Crippen molar-refractivity contribution in [2.75, 3.05) is 37.6 Å². The maximum absolute atomic E-state index is 13.9. The van der Waals surface area contributed by atoms with Crippen LogP contribution in [0.1, 0.15) is 44.2 Å². The number of piperazine rings is 1. The number of hydrogen-bond donors (Lipinski definition) is 1. The van der Waals surface area contributed by atoms with Crippen molar-refractivity contribution in [1.29, 1.82) is 0 Å². The lowest BCUT2D eigenvalue weighted by Gasteiger charge is -2.36. The van der Waals surface area contributed by atoms with Crippen molar-refractivity contribution in [3.8, 4) is 22.3 Å². The molecule has 1 aliphatic carbocycles. The molecule has 4 aromatic rings. The van der Waals surface area contributed by atoms with Gasteiger partial charge in [-0.15, -0.1) is 0 Å². The fraction of sp³-hybridized carbons (Fsp3) is 0.324. The summed E-state index contributed by atoms with van der Waals surface area (Å²) >= 11 is 0. The Kier molecular flexibility index (Phi) is 7.93. The van der Waals surface area contributed by atoms with Crippen LogP contribution in [0.5, 0.6) is 0 Å². The predicted molar refractivity (Wildman–Crippen MR) is 170 cm³/mol. The molecule has 41 heavy (non-hydrogen) atoms. The van der Waals surface area contributed by atoms with Crippen LogP contribution >= 0.6 is 0 Å². The average Bonchev–Trinajstić information content (AvgIpc) is 3.31. The highest BCUT2D eigenvalue weighted by atomic mass is 16.2. The summed E-state index contributed by atoms with van der Waals surface area (Å²) < 4.78 is 0. The molecule has 0 atom stereocenters. The number of nitrogens with one attached hydrogen (secondary N) is 1. The first-order chi connectivity index (χ1) is 20.1. The molecular formula is C37H41N3O. The van der Waals surface area contributed by atoms with Gasteiger partial charge < -0.3 is 10.2 Å². The van der Waals surface area contributed by atoms with Crippen LogP contribution in [-0.2, 0) is 10.2 Å². The minimum absolute atomic E-state index is 0.102. The summed E-state index contributed by atoms with van der Waals surface area (Å²) in [6.45, 7) is 9.42. The number of hydrogen-bond acceptors (Lipinski definition) is 3. The van der Waals surface area contributed by atoms with Crippen molar-refractivity contribution >= 4 is 11.6 Å². The van der Waals surface area contributed by atoms with Gasteiger partial charge in [0.25, 0.3) is 0 Å². The van der Waals surface area contributed by atoms with Crippen LogP contribution in [0.2, 0.25) is 0 Å². The molecule has 0 bridgehead atoms. The van der Waals surface area contributed by atoms with Gasteiger partial charge in [0.05, 0.1) is 0 Å². The second-order valence-electron chi connectivity index (χ2n) is 11.8. The Balaban J connectivity index is 1.07. The Morgan fingerprint density at radius 2 is 1.27 bits per heavy atom. The molecule has 0 aromatic heterocycles. The average molecular weight is 544 g/mol. The van der Waals surface area contributed by atoms with Gasteiger partial charge in [0.15, 0.2) is 0 Å². The zero-order valence-corrected chi connectivity index (χ0v) is 24.4. The SMILES string of the molecule is CC(C)NC(=O)C1(CCCCN2CCN(c3ccc(-c4ccccc4)cc3)CC2)c2ccccc2-c2ccccc21. The number of benzene rings is 4. The minimum Gasteiger partial charge on any atom is -0.369 e. The van der Waals surface area contributed by atoms with E-state index in [1.54, 1.807) is 0 Å². The number of carbonyl (C=O) groups is 1. The lowest BCUT2D eigenvalue weighted by molar-refractivity contribution is -0.126. The molecule has 1 heterocycles. The van der Waals surface area contributed by atoms with Crippen molar-refractivity contribution in [2.45, 2.75) is 44.6 Å². The normalized spacial score (nSPS) is 15.9. The molecular weight excluding hydrogens is 502 g/mol. The Labute approximate surface area is 245 Å². The molecule has 4 heteroatoms. The molecule has 2 aliphatic rings. The first-order valence-electron chi connectivity index (χ1n) is 15.2. The Hall–Kier alpha value is -3.89. The summed E-state index contributed by atoms with van der Waals surface area (Å²) in [5.41, 5.74) is 7.93. The standard InChI is InChI=1S/C37H41N3O/c1-28(2)38-36(41)37(34-16-8-6-14-32(34)33-15-7-9-17-35(33)37)22-10-11-23-39-24-26-40(27-25-39)31-20-18-30(19-21-31)29-12-4-3-5-13-29/h3-9,12-21,28H,10-11,22-27H2,1-2H3,(H,38,41). The Morgan fingerprint density at radius 3 is 1.88 bits per heavy atom. The molecule has 1 fully saturated rings. The first kappa shape index (κ1) is 27.3. The lowest BCUT2D eigenvalue weighted by Crippen LogP contribution is -2.47. The predicted octanol–water partition coefficient (Wildman–Crippen LogP) is 7.14. The summed E-state index contributed by atoms with van der Waals surface area (Å²) in [5.74, 6) is 0.136. The second kappa shape index (κ2) is 11.9. The van der Waals surface area contributed by atoms with E-state index in [0.29, 0.717) is 0 Å². The number of nitrogens with zero attached hydrogens (tertiary/aromatic N) is 2. The smallest absolute Gasteiger partial charge is 0.235 e. The van der Waals surface area contributed by atoms with Gasteiger partial charge in [-0.1, -0.05) is 97.4 Å². The van der Waals surface area contributed by atoms with E-state index < -0.39 is 5.41 Å². The zero-order chi connectivity index (χ0) is 28.2. The number of carbonyl (C=O) groups excluding carboxylic acids is 1. The van der Waals surface area contributed by atoms with Gasteiger partial charge in [-0.3, -0.25) is 9.69 Å². The molecule has 1 N–H and O–H groups in total. The third-order valence-corrected chi connectivity index (χ3v) is 8.86. The van der Waals surface area contributed by atoms with E-state index in [2.05, 4.69) is 132 Å². The molecule has 1 aliphatic heterocycles. The van der Waals surface area contributed by atoms with E-state index in [-0.39, 0.29) is 11.9 Å². The quantitative estimate of drug-likeness (QED) is 0.228. The summed E-state index contributed by atoms with van der Waals surface area (Å²) in [7, 11) is 0. The van der Waals surface area contributed by atoms with Gasteiger partial charge in [-0.2, -0.15) is 0 Å². The topological polar surface area (TPSA) is 35.6 Å². The fourth-order valence-corrected chi connectivity index (χ4v) is 6.79. The first-order valence-corrected chi connectivity index (χ1v) is 15.2. The van der Waals surface area contributed by atoms with Crippen LogP contribution in [-0.4, -0.2) is 49.6 Å². The molecule has 1 amide bonds. The van der Waals surface area contributed by atoms with Crippen molar-refractivity contribution in [1.82, 2.24) is 10.2 Å². The van der Waals surface area contributed by atoms with Gasteiger partial charge >= 0.3 is 0 Å². The van der Waals surface area contributed by atoms with E-state index in [0.717, 1.165) is 63.1 Å². The lowest BCUT2D eigenvalue weighted by atomic mass is 9.73. The molecule has 4 nitrogen and oxygen atoms in total. The van der Waals surface area contributed by atoms with E-state index in [4.69, 9.17) is 0 Å². The van der Waals surface area contributed by atoms with E-state index in [1.165, 1.54) is 27.9 Å². The highest BCUT2D eigenvalue weighted by Gasteiger charge is 2.48. The van der Waals surface area contributed by atoms with Crippen molar-refractivity contribution in [3.05, 3.63) is 114 Å². The zero-order valence-electron chi connectivity index (χ0n) is 24.4. The molecule has 0 spiro atoms. The van der Waals surface area contributed by atoms with Crippen LogP contribution in [0.25, 0.3) is 22.3 Å². The van der Waals surface area contributed by atoms with Crippen LogP contribution < -0.4 is 10.2 Å². The second-order valence-corrected chi connectivity index (χ2v) is 11.8. The van der Waals surface area contributed by atoms with E-state index in [9.17, 15) is 4.79 Å². The summed E-state index contributed by atoms with van der Waals surface area (Å²) in [6, 6.07) is 36.7. The number of fused-ring (bicyclic) bond motifs is 3. The van der Waals surface area contributed by atoms with Crippen molar-refractivity contribution < 1.29 is 4.79 Å². The van der Waals surface area contributed by atoms with Gasteiger partial charge in [0.2, 0.25) is 5.91 Å². The molecule has 6 rings (SSSR count). The largest absolute Gasteiger partial charge is 0.369 e. The number of rotatable bonds is 9. The summed E-state index contributed by atoms with van der Waals surface area (Å²) in [4.78, 5) is 19.0. The molecule has 210 valence electrons. The van der Waals surface area contributed by atoms with Crippen LogP contribution in [0.15, 0.2) is 103 Å².